The average molecular weight is 550 g/mol. The number of aromatic nitrogens is 3. The van der Waals surface area contributed by atoms with E-state index in [0.29, 0.717) is 12.8 Å². The van der Waals surface area contributed by atoms with Crippen molar-refractivity contribution in [3.05, 3.63) is 64.4 Å². The van der Waals surface area contributed by atoms with Crippen LogP contribution in [-0.2, 0) is 21.4 Å². The molecule has 0 saturated heterocycles. The highest BCUT2D eigenvalue weighted by atomic mass is 32.2. The molecule has 2 heterocycles. The van der Waals surface area contributed by atoms with Crippen molar-refractivity contribution in [2.75, 3.05) is 11.6 Å². The maximum atomic E-state index is 15.0. The van der Waals surface area contributed by atoms with Crippen molar-refractivity contribution >= 4 is 21.4 Å². The molecule has 38 heavy (non-hydrogen) atoms. The number of nitrogens with zero attached hydrogens (tertiary/aromatic N) is 4. The Morgan fingerprint density at radius 2 is 1.87 bits per heavy atom. The largest absolute Gasteiger partial charge is 0.435 e. The molecule has 0 atom stereocenters. The highest BCUT2D eigenvalue weighted by molar-refractivity contribution is 7.90. The number of aryl methyl sites for hydroxylation is 1. The van der Waals surface area contributed by atoms with Gasteiger partial charge in [0.1, 0.15) is 5.56 Å². The van der Waals surface area contributed by atoms with Crippen LogP contribution in [0.15, 0.2) is 35.2 Å². The van der Waals surface area contributed by atoms with Gasteiger partial charge in [-0.15, -0.1) is 10.2 Å². The van der Waals surface area contributed by atoms with Gasteiger partial charge in [0.2, 0.25) is 0 Å². The van der Waals surface area contributed by atoms with Gasteiger partial charge < -0.3 is 10.1 Å². The predicted molar refractivity (Wildman–Crippen MR) is 125 cm³/mol. The second-order valence-electron chi connectivity index (χ2n) is 8.85. The Morgan fingerprint density at radius 1 is 1.18 bits per heavy atom. The molecule has 0 aliphatic heterocycles. The number of rotatable bonds is 6. The molecule has 1 N–H and O–H groups in total. The van der Waals surface area contributed by atoms with Crippen molar-refractivity contribution in [2.45, 2.75) is 43.2 Å². The number of sulfone groups is 1. The summed E-state index contributed by atoms with van der Waals surface area (Å²) >= 11 is 0. The molecule has 198 valence electrons. The van der Waals surface area contributed by atoms with Gasteiger partial charge >= 0.3 is 6.18 Å². The van der Waals surface area contributed by atoms with Crippen LogP contribution in [0.2, 0.25) is 0 Å². The summed E-state index contributed by atoms with van der Waals surface area (Å²) in [5, 5.41) is 18.2. The van der Waals surface area contributed by atoms with E-state index in [-0.39, 0.29) is 21.8 Å². The molecule has 1 aromatic carbocycles. The van der Waals surface area contributed by atoms with Gasteiger partial charge in [-0.05, 0) is 62.1 Å². The lowest BCUT2D eigenvalue weighted by atomic mass is 10.0. The molecule has 4 rings (SSSR count). The van der Waals surface area contributed by atoms with E-state index in [9.17, 15) is 36.0 Å². The van der Waals surface area contributed by atoms with E-state index in [4.69, 9.17) is 4.74 Å². The second kappa shape index (κ2) is 9.32. The molecule has 0 spiro atoms. The molecule has 0 radical (unpaired) electrons. The zero-order valence-electron chi connectivity index (χ0n) is 20.1. The van der Waals surface area contributed by atoms with Gasteiger partial charge in [0.05, 0.1) is 22.1 Å². The molecule has 1 amide bonds. The molecule has 3 aromatic rings. The van der Waals surface area contributed by atoms with Gasteiger partial charge in [-0.2, -0.15) is 22.8 Å². The SMILES string of the molecule is Cc1cc(C2(C#N)CC2)nc(F)c1Oc1nnc(C(F)(F)F)c(C)c1C(=O)Nc1cccc(S(C)(=O)=O)c1. The van der Waals surface area contributed by atoms with Crippen molar-refractivity contribution in [1.82, 2.24) is 15.2 Å². The number of nitrogens with one attached hydrogen (secondary N) is 1. The average Bonchev–Trinajstić information content (AvgIpc) is 3.61. The summed E-state index contributed by atoms with van der Waals surface area (Å²) in [5.41, 5.74) is -3.38. The summed E-state index contributed by atoms with van der Waals surface area (Å²) in [6.45, 7) is 2.42. The van der Waals surface area contributed by atoms with Crippen molar-refractivity contribution in [3.63, 3.8) is 0 Å². The fraction of sp³-hybridized carbons (Fsp3) is 0.292. The molecule has 1 saturated carbocycles. The number of nitriles is 1. The molecule has 2 aromatic heterocycles. The van der Waals surface area contributed by atoms with Gasteiger partial charge in [0.15, 0.2) is 21.3 Å². The van der Waals surface area contributed by atoms with Crippen molar-refractivity contribution in [2.24, 2.45) is 0 Å². The third kappa shape index (κ3) is 5.14. The monoisotopic (exact) mass is 549 g/mol. The summed E-state index contributed by atoms with van der Waals surface area (Å²) in [7, 11) is -3.65. The maximum absolute atomic E-state index is 15.0. The number of anilines is 1. The Morgan fingerprint density at radius 3 is 2.42 bits per heavy atom. The predicted octanol–water partition coefficient (Wildman–Crippen LogP) is 4.65. The zero-order chi connectivity index (χ0) is 28.0. The number of carbonyl (C=O) groups excluding carboxylic acids is 1. The lowest BCUT2D eigenvalue weighted by molar-refractivity contribution is -0.142. The number of halogens is 4. The molecular weight excluding hydrogens is 530 g/mol. The van der Waals surface area contributed by atoms with E-state index in [2.05, 4.69) is 26.6 Å². The Bertz CT molecular complexity index is 1590. The Hall–Kier alpha value is -4.12. The molecule has 9 nitrogen and oxygen atoms in total. The minimum atomic E-state index is -4.97. The minimum Gasteiger partial charge on any atom is -0.432 e. The Labute approximate surface area is 214 Å². The highest BCUT2D eigenvalue weighted by Crippen LogP contribution is 2.47. The van der Waals surface area contributed by atoms with Crippen LogP contribution in [0.25, 0.3) is 0 Å². The molecule has 1 aliphatic rings. The smallest absolute Gasteiger partial charge is 0.432 e. The first-order valence-corrected chi connectivity index (χ1v) is 12.9. The maximum Gasteiger partial charge on any atom is 0.435 e. The standard InChI is InChI=1S/C24H19F4N5O4S/c1-12-9-16(23(11-29)7-8-23)31-20(25)18(12)37-22-17(13(2)19(32-33-22)24(26,27)28)21(34)30-14-5-4-6-15(10-14)38(3,35)36/h4-6,9-10H,7-8H2,1-3H3,(H,30,34). The van der Waals surface area contributed by atoms with E-state index in [1.165, 1.54) is 31.2 Å². The van der Waals surface area contributed by atoms with E-state index >= 15 is 0 Å². The molecule has 1 fully saturated rings. The van der Waals surface area contributed by atoms with Gasteiger partial charge in [-0.25, -0.2) is 13.4 Å². The molecule has 0 unspecified atom stereocenters. The van der Waals surface area contributed by atoms with Gasteiger partial charge in [-0.3, -0.25) is 4.79 Å². The van der Waals surface area contributed by atoms with E-state index in [1.54, 1.807) is 0 Å². The number of carbonyl (C=O) groups is 1. The quantitative estimate of drug-likeness (QED) is 0.347. The number of alkyl halides is 3. The summed E-state index contributed by atoms with van der Waals surface area (Å²) in [4.78, 5) is 16.8. The normalized spacial score (nSPS) is 14.5. The molecule has 14 heteroatoms. The molecular formula is C24H19F4N5O4S. The minimum absolute atomic E-state index is 0.0340. The molecule has 0 bridgehead atoms. The third-order valence-corrected chi connectivity index (χ3v) is 7.08. The topological polar surface area (TPSA) is 135 Å². The van der Waals surface area contributed by atoms with E-state index in [0.717, 1.165) is 19.2 Å². The fourth-order valence-electron chi connectivity index (χ4n) is 3.74. The Balaban J connectivity index is 1.77. The van der Waals surface area contributed by atoms with Crippen LogP contribution in [-0.4, -0.2) is 35.8 Å². The van der Waals surface area contributed by atoms with Crippen molar-refractivity contribution in [3.8, 4) is 17.7 Å². The van der Waals surface area contributed by atoms with Crippen molar-refractivity contribution in [1.29, 1.82) is 5.26 Å². The van der Waals surface area contributed by atoms with Crippen molar-refractivity contribution < 1.29 is 35.5 Å². The summed E-state index contributed by atoms with van der Waals surface area (Å²) in [6, 6.07) is 8.58. The van der Waals surface area contributed by atoms with Crippen LogP contribution in [0.4, 0.5) is 23.2 Å². The third-order valence-electron chi connectivity index (χ3n) is 5.97. The summed E-state index contributed by atoms with van der Waals surface area (Å²) < 4.78 is 84.8. The number of pyridine rings is 1. The van der Waals surface area contributed by atoms with Gasteiger partial charge in [0, 0.05) is 11.9 Å². The first-order chi connectivity index (χ1) is 17.7. The van der Waals surface area contributed by atoms with Crippen LogP contribution in [0, 0.1) is 31.1 Å². The van der Waals surface area contributed by atoms with E-state index in [1.807, 2.05) is 0 Å². The summed E-state index contributed by atoms with van der Waals surface area (Å²) in [5.74, 6) is -3.52. The lowest BCUT2D eigenvalue weighted by Gasteiger charge is -2.17. The summed E-state index contributed by atoms with van der Waals surface area (Å²) in [6.07, 6.45) is -3.01. The van der Waals surface area contributed by atoms with Crippen LogP contribution < -0.4 is 10.1 Å². The lowest BCUT2D eigenvalue weighted by Crippen LogP contribution is -2.21. The highest BCUT2D eigenvalue weighted by Gasteiger charge is 2.47. The Kier molecular flexibility index (Phi) is 6.60. The van der Waals surface area contributed by atoms with Gasteiger partial charge in [-0.1, -0.05) is 6.07 Å². The number of benzene rings is 1. The van der Waals surface area contributed by atoms with Crippen LogP contribution in [0.1, 0.15) is 45.7 Å². The second-order valence-corrected chi connectivity index (χ2v) is 10.9. The fourth-order valence-corrected chi connectivity index (χ4v) is 4.41. The first kappa shape index (κ1) is 26.9. The van der Waals surface area contributed by atoms with Crippen LogP contribution in [0.3, 0.4) is 0 Å². The molecule has 1 aliphatic carbocycles. The number of hydrogen-bond donors (Lipinski definition) is 1. The van der Waals surface area contributed by atoms with Crippen LogP contribution in [0.5, 0.6) is 11.6 Å². The number of ether oxygens (including phenoxy) is 1. The van der Waals surface area contributed by atoms with E-state index < -0.39 is 61.7 Å². The number of hydrogen-bond acceptors (Lipinski definition) is 8. The van der Waals surface area contributed by atoms with Crippen LogP contribution >= 0.6 is 0 Å². The first-order valence-electron chi connectivity index (χ1n) is 11.0. The number of amides is 1. The zero-order valence-corrected chi connectivity index (χ0v) is 21.0. The van der Waals surface area contributed by atoms with Gasteiger partial charge in [0.25, 0.3) is 17.7 Å².